The lowest BCUT2D eigenvalue weighted by atomic mass is 10.3. The number of nitrogens with zero attached hydrogens (tertiary/aromatic N) is 4. The van der Waals surface area contributed by atoms with Crippen molar-refractivity contribution >= 4 is 22.4 Å². The van der Waals surface area contributed by atoms with Crippen LogP contribution in [0.25, 0.3) is 0 Å². The number of carbonyl (C=O) groups is 1. The molecule has 7 nitrogen and oxygen atoms in total. The van der Waals surface area contributed by atoms with Gasteiger partial charge in [0, 0.05) is 38.9 Å². The second-order valence-corrected chi connectivity index (χ2v) is 5.52. The van der Waals surface area contributed by atoms with Crippen molar-refractivity contribution in [2.45, 2.75) is 39.3 Å². The molecule has 0 saturated carbocycles. The van der Waals surface area contributed by atoms with Gasteiger partial charge in [-0.1, -0.05) is 18.3 Å². The molecule has 1 atom stereocenters. The van der Waals surface area contributed by atoms with Gasteiger partial charge in [0.05, 0.1) is 0 Å². The minimum atomic E-state index is -0.119. The monoisotopic (exact) mass is 309 g/mol. The van der Waals surface area contributed by atoms with Crippen LogP contribution in [0.5, 0.6) is 0 Å². The Morgan fingerprint density at radius 2 is 2.33 bits per heavy atom. The highest BCUT2D eigenvalue weighted by molar-refractivity contribution is 7.15. The van der Waals surface area contributed by atoms with E-state index in [1.807, 2.05) is 24.6 Å². The number of methoxy groups -OCH3 is 1. The van der Waals surface area contributed by atoms with Gasteiger partial charge in [-0.3, -0.25) is 4.79 Å². The standard InChI is InChI=1S/C13H19N5O2S/c1-4-10-14-6-8-18(10)7-5-11(19)15-13-17-16-12(21-13)9(2)20-3/h6,8-9H,4-5,7H2,1-3H3,(H,15,17,19). The van der Waals surface area contributed by atoms with E-state index in [0.29, 0.717) is 18.1 Å². The number of anilines is 1. The van der Waals surface area contributed by atoms with Gasteiger partial charge in [-0.15, -0.1) is 10.2 Å². The Morgan fingerprint density at radius 3 is 3.05 bits per heavy atom. The van der Waals surface area contributed by atoms with E-state index < -0.39 is 0 Å². The van der Waals surface area contributed by atoms with Gasteiger partial charge >= 0.3 is 0 Å². The maximum Gasteiger partial charge on any atom is 0.227 e. The van der Waals surface area contributed by atoms with Gasteiger partial charge in [0.15, 0.2) is 0 Å². The molecule has 0 aliphatic carbocycles. The number of hydrogen-bond donors (Lipinski definition) is 1. The molecule has 0 saturated heterocycles. The molecule has 1 amide bonds. The summed E-state index contributed by atoms with van der Waals surface area (Å²) >= 11 is 1.33. The Balaban J connectivity index is 1.86. The van der Waals surface area contributed by atoms with Crippen LogP contribution in [-0.2, 0) is 22.5 Å². The van der Waals surface area contributed by atoms with E-state index in [9.17, 15) is 4.79 Å². The molecule has 1 unspecified atom stereocenters. The second-order valence-electron chi connectivity index (χ2n) is 4.51. The van der Waals surface area contributed by atoms with Crippen molar-refractivity contribution in [3.05, 3.63) is 23.2 Å². The number of ether oxygens (including phenoxy) is 1. The maximum absolute atomic E-state index is 11.9. The van der Waals surface area contributed by atoms with Crippen LogP contribution in [0.15, 0.2) is 12.4 Å². The Labute approximate surface area is 127 Å². The predicted molar refractivity (Wildman–Crippen MR) is 80.2 cm³/mol. The van der Waals surface area contributed by atoms with E-state index in [0.717, 1.165) is 17.3 Å². The predicted octanol–water partition coefficient (Wildman–Crippen LogP) is 2.03. The van der Waals surface area contributed by atoms with Crippen LogP contribution < -0.4 is 5.32 Å². The average molecular weight is 309 g/mol. The second kappa shape index (κ2) is 7.28. The minimum Gasteiger partial charge on any atom is -0.374 e. The summed E-state index contributed by atoms with van der Waals surface area (Å²) in [4.78, 5) is 16.1. The van der Waals surface area contributed by atoms with E-state index in [1.54, 1.807) is 13.3 Å². The molecule has 0 fully saturated rings. The molecule has 0 spiro atoms. The molecule has 0 bridgehead atoms. The third-order valence-electron chi connectivity index (χ3n) is 3.09. The molecule has 2 aromatic heterocycles. The number of carbonyl (C=O) groups excluding carboxylic acids is 1. The molecule has 1 N–H and O–H groups in total. The summed E-state index contributed by atoms with van der Waals surface area (Å²) in [5.41, 5.74) is 0. The Bertz CT molecular complexity index is 595. The van der Waals surface area contributed by atoms with Gasteiger partial charge in [-0.25, -0.2) is 4.98 Å². The minimum absolute atomic E-state index is 0.0847. The third kappa shape index (κ3) is 4.08. The summed E-state index contributed by atoms with van der Waals surface area (Å²) in [6.07, 6.45) is 4.74. The average Bonchev–Trinajstić information content (AvgIpc) is 3.12. The number of nitrogens with one attached hydrogen (secondary N) is 1. The van der Waals surface area contributed by atoms with Crippen LogP contribution in [0.1, 0.15) is 37.2 Å². The van der Waals surface area contributed by atoms with Crippen LogP contribution in [0.4, 0.5) is 5.13 Å². The first-order valence-corrected chi connectivity index (χ1v) is 7.61. The van der Waals surface area contributed by atoms with Gasteiger partial charge in [0.2, 0.25) is 11.0 Å². The maximum atomic E-state index is 11.9. The van der Waals surface area contributed by atoms with E-state index in [4.69, 9.17) is 4.74 Å². The molecule has 2 heterocycles. The molecule has 21 heavy (non-hydrogen) atoms. The molecule has 0 radical (unpaired) electrons. The van der Waals surface area contributed by atoms with Crippen molar-refractivity contribution < 1.29 is 9.53 Å². The number of amides is 1. The lowest BCUT2D eigenvalue weighted by Gasteiger charge is -2.06. The molecule has 2 aromatic rings. The molecular weight excluding hydrogens is 290 g/mol. The molecule has 114 valence electrons. The summed E-state index contributed by atoms with van der Waals surface area (Å²) in [5.74, 6) is 0.897. The Morgan fingerprint density at radius 1 is 1.52 bits per heavy atom. The number of imidazole rings is 1. The zero-order valence-corrected chi connectivity index (χ0v) is 13.2. The lowest BCUT2D eigenvalue weighted by Crippen LogP contribution is -2.15. The van der Waals surface area contributed by atoms with Crippen LogP contribution in [-0.4, -0.2) is 32.8 Å². The largest absolute Gasteiger partial charge is 0.374 e. The molecule has 0 aliphatic heterocycles. The van der Waals surface area contributed by atoms with E-state index in [-0.39, 0.29) is 12.0 Å². The van der Waals surface area contributed by atoms with Gasteiger partial charge in [-0.05, 0) is 6.92 Å². The summed E-state index contributed by atoms with van der Waals surface area (Å²) in [5, 5.41) is 11.9. The number of aryl methyl sites for hydroxylation is 2. The van der Waals surface area contributed by atoms with Gasteiger partial charge in [0.25, 0.3) is 0 Å². The summed E-state index contributed by atoms with van der Waals surface area (Å²) in [6.45, 7) is 4.53. The highest BCUT2D eigenvalue weighted by Gasteiger charge is 2.13. The lowest BCUT2D eigenvalue weighted by molar-refractivity contribution is -0.116. The zero-order chi connectivity index (χ0) is 15.2. The van der Waals surface area contributed by atoms with E-state index >= 15 is 0 Å². The fourth-order valence-electron chi connectivity index (χ4n) is 1.81. The van der Waals surface area contributed by atoms with Crippen molar-refractivity contribution in [3.63, 3.8) is 0 Å². The molecule has 0 aliphatic rings. The Hall–Kier alpha value is -1.80. The van der Waals surface area contributed by atoms with Crippen LogP contribution in [0.2, 0.25) is 0 Å². The zero-order valence-electron chi connectivity index (χ0n) is 12.4. The molecule has 2 rings (SSSR count). The summed E-state index contributed by atoms with van der Waals surface area (Å²) < 4.78 is 7.15. The number of rotatable bonds is 7. The van der Waals surface area contributed by atoms with Crippen molar-refractivity contribution in [1.29, 1.82) is 0 Å². The fourth-order valence-corrected chi connectivity index (χ4v) is 2.60. The van der Waals surface area contributed by atoms with E-state index in [2.05, 4.69) is 20.5 Å². The first-order valence-electron chi connectivity index (χ1n) is 6.80. The smallest absolute Gasteiger partial charge is 0.227 e. The Kier molecular flexibility index (Phi) is 5.40. The summed E-state index contributed by atoms with van der Waals surface area (Å²) in [6, 6.07) is 0. The van der Waals surface area contributed by atoms with Gasteiger partial charge < -0.3 is 14.6 Å². The molecule has 0 aromatic carbocycles. The highest BCUT2D eigenvalue weighted by Crippen LogP contribution is 2.23. The van der Waals surface area contributed by atoms with Crippen LogP contribution in [0.3, 0.4) is 0 Å². The normalized spacial score (nSPS) is 12.3. The molecular formula is C13H19N5O2S. The van der Waals surface area contributed by atoms with Crippen LogP contribution >= 0.6 is 11.3 Å². The van der Waals surface area contributed by atoms with Crippen LogP contribution in [0, 0.1) is 0 Å². The third-order valence-corrected chi connectivity index (χ3v) is 4.09. The highest BCUT2D eigenvalue weighted by atomic mass is 32.1. The van der Waals surface area contributed by atoms with Gasteiger partial charge in [-0.2, -0.15) is 0 Å². The topological polar surface area (TPSA) is 81.9 Å². The van der Waals surface area contributed by atoms with Crippen molar-refractivity contribution in [3.8, 4) is 0 Å². The SMILES string of the molecule is CCc1nccn1CCC(=O)Nc1nnc(C(C)OC)s1. The first-order chi connectivity index (χ1) is 10.1. The number of aromatic nitrogens is 4. The molecule has 8 heteroatoms. The fraction of sp³-hybridized carbons (Fsp3) is 0.538. The van der Waals surface area contributed by atoms with Crippen molar-refractivity contribution in [2.24, 2.45) is 0 Å². The first kappa shape index (κ1) is 15.6. The van der Waals surface area contributed by atoms with Gasteiger partial charge in [0.1, 0.15) is 16.9 Å². The van der Waals surface area contributed by atoms with Crippen molar-refractivity contribution in [2.75, 3.05) is 12.4 Å². The van der Waals surface area contributed by atoms with Crippen molar-refractivity contribution in [1.82, 2.24) is 19.7 Å². The number of hydrogen-bond acceptors (Lipinski definition) is 6. The quantitative estimate of drug-likeness (QED) is 0.846. The summed E-state index contributed by atoms with van der Waals surface area (Å²) in [7, 11) is 1.61. The van der Waals surface area contributed by atoms with E-state index in [1.165, 1.54) is 11.3 Å².